The van der Waals surface area contributed by atoms with Gasteiger partial charge in [-0.1, -0.05) is 47.5 Å². The van der Waals surface area contributed by atoms with Gasteiger partial charge in [0, 0.05) is 18.7 Å². The Bertz CT molecular complexity index is 1180. The van der Waals surface area contributed by atoms with Gasteiger partial charge in [0.15, 0.2) is 0 Å². The summed E-state index contributed by atoms with van der Waals surface area (Å²) in [7, 11) is 1.28. The molecule has 9 heteroatoms. The molecule has 0 bridgehead atoms. The zero-order valence-corrected chi connectivity index (χ0v) is 22.0. The summed E-state index contributed by atoms with van der Waals surface area (Å²) >= 11 is 12.3. The van der Waals surface area contributed by atoms with Crippen LogP contribution in [0.25, 0.3) is 0 Å². The second-order valence-corrected chi connectivity index (χ2v) is 9.76. The molecule has 7 nitrogen and oxygen atoms in total. The van der Waals surface area contributed by atoms with Crippen LogP contribution in [0.1, 0.15) is 41.6 Å². The van der Waals surface area contributed by atoms with Crippen molar-refractivity contribution in [1.82, 2.24) is 10.3 Å². The number of hydrogen-bond donors (Lipinski definition) is 2. The van der Waals surface area contributed by atoms with Crippen LogP contribution in [0.5, 0.6) is 5.75 Å². The fraction of sp³-hybridized carbons (Fsp3) is 0.321. The lowest BCUT2D eigenvalue weighted by atomic mass is 9.93. The SMILES string of the molecule is COC(=O)[C@H](Cc1ccc(O[C@H]2CC[C@@H](Nc3ccccn3)CC2)cc1)NC(=O)c1c(Cl)cccc1Cl. The van der Waals surface area contributed by atoms with Crippen LogP contribution in [0, 0.1) is 0 Å². The Morgan fingerprint density at radius 2 is 1.68 bits per heavy atom. The molecular weight excluding hydrogens is 513 g/mol. The van der Waals surface area contributed by atoms with Crippen LogP contribution in [-0.2, 0) is 16.0 Å². The van der Waals surface area contributed by atoms with E-state index in [1.807, 2.05) is 42.5 Å². The van der Waals surface area contributed by atoms with Crippen molar-refractivity contribution in [2.75, 3.05) is 12.4 Å². The highest BCUT2D eigenvalue weighted by molar-refractivity contribution is 6.39. The summed E-state index contributed by atoms with van der Waals surface area (Å²) in [5, 5.41) is 6.59. The number of aromatic nitrogens is 1. The van der Waals surface area contributed by atoms with Crippen molar-refractivity contribution in [3.63, 3.8) is 0 Å². The standard InChI is InChI=1S/C28H29Cl2N3O4/c1-36-28(35)24(33-27(34)26-22(29)5-4-6-23(26)30)17-18-8-12-20(13-9-18)37-21-14-10-19(11-15-21)32-25-7-2-3-16-31-25/h2-9,12-13,16,19,21,24H,10-11,14-15,17H2,1H3,(H,31,32)(H,33,34)/t19-,21+,24-/m0/s1. The van der Waals surface area contributed by atoms with Gasteiger partial charge in [0.05, 0.1) is 28.8 Å². The normalized spacial score (nSPS) is 17.9. The number of anilines is 1. The van der Waals surface area contributed by atoms with Crippen LogP contribution < -0.4 is 15.4 Å². The maximum Gasteiger partial charge on any atom is 0.328 e. The van der Waals surface area contributed by atoms with Gasteiger partial charge in [0.25, 0.3) is 5.91 Å². The van der Waals surface area contributed by atoms with Gasteiger partial charge in [-0.05, 0) is 67.6 Å². The van der Waals surface area contributed by atoms with Crippen LogP contribution in [0.15, 0.2) is 66.9 Å². The number of methoxy groups -OCH3 is 1. The summed E-state index contributed by atoms with van der Waals surface area (Å²) in [6.07, 6.45) is 6.10. The third kappa shape index (κ3) is 7.37. The minimum absolute atomic E-state index is 0.119. The van der Waals surface area contributed by atoms with Gasteiger partial charge in [-0.15, -0.1) is 0 Å². The topological polar surface area (TPSA) is 89.6 Å². The predicted molar refractivity (Wildman–Crippen MR) is 144 cm³/mol. The molecule has 1 saturated carbocycles. The van der Waals surface area contributed by atoms with E-state index in [0.717, 1.165) is 42.8 Å². The Balaban J connectivity index is 1.31. The van der Waals surface area contributed by atoms with E-state index < -0.39 is 17.9 Å². The number of nitrogens with zero attached hydrogens (tertiary/aromatic N) is 1. The average molecular weight is 542 g/mol. The first-order valence-corrected chi connectivity index (χ1v) is 12.9. The molecule has 2 aromatic carbocycles. The molecule has 1 amide bonds. The van der Waals surface area contributed by atoms with E-state index >= 15 is 0 Å². The lowest BCUT2D eigenvalue weighted by Crippen LogP contribution is -2.43. The summed E-state index contributed by atoms with van der Waals surface area (Å²) in [5.41, 5.74) is 0.963. The number of pyridine rings is 1. The maximum atomic E-state index is 12.8. The van der Waals surface area contributed by atoms with Crippen LogP contribution in [-0.4, -0.2) is 42.2 Å². The minimum Gasteiger partial charge on any atom is -0.490 e. The van der Waals surface area contributed by atoms with Crippen LogP contribution in [0.3, 0.4) is 0 Å². The predicted octanol–water partition coefficient (Wildman–Crippen LogP) is 5.70. The molecule has 2 N–H and O–H groups in total. The first-order valence-electron chi connectivity index (χ1n) is 12.2. The minimum atomic E-state index is -0.904. The van der Waals surface area contributed by atoms with Gasteiger partial charge < -0.3 is 20.1 Å². The first-order chi connectivity index (χ1) is 17.9. The molecule has 1 heterocycles. The third-order valence-electron chi connectivity index (χ3n) is 6.34. The Kier molecular flexibility index (Phi) is 9.25. The number of esters is 1. The van der Waals surface area contributed by atoms with Crippen molar-refractivity contribution in [2.45, 2.75) is 50.3 Å². The largest absolute Gasteiger partial charge is 0.490 e. The monoisotopic (exact) mass is 541 g/mol. The quantitative estimate of drug-likeness (QED) is 0.337. The zero-order valence-electron chi connectivity index (χ0n) is 20.5. The number of halogens is 2. The molecule has 0 spiro atoms. The fourth-order valence-electron chi connectivity index (χ4n) is 4.40. The van der Waals surface area contributed by atoms with Crippen molar-refractivity contribution in [3.05, 3.63) is 88.0 Å². The van der Waals surface area contributed by atoms with Gasteiger partial charge in [0.1, 0.15) is 17.6 Å². The second kappa shape index (κ2) is 12.8. The Morgan fingerprint density at radius 3 is 2.30 bits per heavy atom. The first kappa shape index (κ1) is 26.8. The lowest BCUT2D eigenvalue weighted by Gasteiger charge is -2.29. The number of benzene rings is 2. The molecule has 0 unspecified atom stereocenters. The van der Waals surface area contributed by atoms with Crippen molar-refractivity contribution in [3.8, 4) is 5.75 Å². The lowest BCUT2D eigenvalue weighted by molar-refractivity contribution is -0.142. The Labute approximate surface area is 226 Å². The van der Waals surface area contributed by atoms with E-state index in [-0.39, 0.29) is 28.1 Å². The highest BCUT2D eigenvalue weighted by Crippen LogP contribution is 2.27. The molecule has 0 radical (unpaired) electrons. The molecular formula is C28H29Cl2N3O4. The molecule has 3 aromatic rings. The van der Waals surface area contributed by atoms with E-state index in [9.17, 15) is 9.59 Å². The van der Waals surface area contributed by atoms with Crippen LogP contribution in [0.2, 0.25) is 10.0 Å². The smallest absolute Gasteiger partial charge is 0.328 e. The highest BCUT2D eigenvalue weighted by atomic mass is 35.5. The van der Waals surface area contributed by atoms with E-state index in [1.165, 1.54) is 7.11 Å². The van der Waals surface area contributed by atoms with E-state index in [1.54, 1.807) is 24.4 Å². The van der Waals surface area contributed by atoms with Gasteiger partial charge >= 0.3 is 5.97 Å². The summed E-state index contributed by atoms with van der Waals surface area (Å²) in [4.78, 5) is 29.5. The molecule has 1 atom stereocenters. The molecule has 37 heavy (non-hydrogen) atoms. The average Bonchev–Trinajstić information content (AvgIpc) is 2.90. The van der Waals surface area contributed by atoms with Gasteiger partial charge in [-0.3, -0.25) is 4.79 Å². The molecule has 194 valence electrons. The summed E-state index contributed by atoms with van der Waals surface area (Å²) < 4.78 is 11.1. The number of rotatable bonds is 9. The van der Waals surface area contributed by atoms with Crippen molar-refractivity contribution in [1.29, 1.82) is 0 Å². The third-order valence-corrected chi connectivity index (χ3v) is 6.97. The van der Waals surface area contributed by atoms with Gasteiger partial charge in [-0.25, -0.2) is 9.78 Å². The van der Waals surface area contributed by atoms with E-state index in [0.29, 0.717) is 6.04 Å². The zero-order chi connectivity index (χ0) is 26.2. The van der Waals surface area contributed by atoms with Crippen molar-refractivity contribution >= 4 is 40.9 Å². The second-order valence-electron chi connectivity index (χ2n) is 8.94. The number of carbonyl (C=O) groups excluding carboxylic acids is 2. The van der Waals surface area contributed by atoms with E-state index in [4.69, 9.17) is 32.7 Å². The summed E-state index contributed by atoms with van der Waals surface area (Å²) in [6, 6.07) is 17.7. The van der Waals surface area contributed by atoms with Crippen molar-refractivity contribution in [2.24, 2.45) is 0 Å². The Hall–Kier alpha value is -3.29. The molecule has 0 aliphatic heterocycles. The molecule has 4 rings (SSSR count). The van der Waals surface area contributed by atoms with Crippen LogP contribution >= 0.6 is 23.2 Å². The Morgan fingerprint density at radius 1 is 0.973 bits per heavy atom. The molecule has 0 saturated heterocycles. The summed E-state index contributed by atoms with van der Waals surface area (Å²) in [5.74, 6) is 0.567. The fourth-order valence-corrected chi connectivity index (χ4v) is 4.96. The van der Waals surface area contributed by atoms with Gasteiger partial charge in [-0.2, -0.15) is 0 Å². The molecule has 1 aliphatic rings. The highest BCUT2D eigenvalue weighted by Gasteiger charge is 2.26. The van der Waals surface area contributed by atoms with Crippen LogP contribution in [0.4, 0.5) is 5.82 Å². The number of ether oxygens (including phenoxy) is 2. The molecule has 1 aliphatic carbocycles. The number of amides is 1. The summed E-state index contributed by atoms with van der Waals surface area (Å²) in [6.45, 7) is 0. The maximum absolute atomic E-state index is 12.8. The number of nitrogens with one attached hydrogen (secondary N) is 2. The van der Waals surface area contributed by atoms with Gasteiger partial charge in [0.2, 0.25) is 0 Å². The number of carbonyl (C=O) groups is 2. The molecule has 1 fully saturated rings. The van der Waals surface area contributed by atoms with E-state index in [2.05, 4.69) is 15.6 Å². The van der Waals surface area contributed by atoms with Crippen molar-refractivity contribution < 1.29 is 19.1 Å². The number of hydrogen-bond acceptors (Lipinski definition) is 6. The molecule has 1 aromatic heterocycles.